The van der Waals surface area contributed by atoms with Crippen LogP contribution in [0.25, 0.3) is 22.2 Å². The highest BCUT2D eigenvalue weighted by Crippen LogP contribution is 2.27. The summed E-state index contributed by atoms with van der Waals surface area (Å²) in [7, 11) is 0. The first-order chi connectivity index (χ1) is 12.5. The van der Waals surface area contributed by atoms with E-state index in [1.807, 2.05) is 68.4 Å². The number of nitrogens with zero attached hydrogens (tertiary/aromatic N) is 3. The summed E-state index contributed by atoms with van der Waals surface area (Å²) < 4.78 is 1.47. The van der Waals surface area contributed by atoms with Crippen LogP contribution in [0.2, 0.25) is 0 Å². The fourth-order valence-corrected chi connectivity index (χ4v) is 3.30. The maximum atomic E-state index is 13.2. The Kier molecular flexibility index (Phi) is 3.88. The van der Waals surface area contributed by atoms with Crippen LogP contribution in [0.1, 0.15) is 27.3 Å². The van der Waals surface area contributed by atoms with Gasteiger partial charge in [0.1, 0.15) is 0 Å². The van der Waals surface area contributed by atoms with E-state index in [1.54, 1.807) is 0 Å². The van der Waals surface area contributed by atoms with E-state index in [4.69, 9.17) is 4.98 Å². The smallest absolute Gasteiger partial charge is 0.267 e. The van der Waals surface area contributed by atoms with E-state index in [9.17, 15) is 4.79 Å². The molecule has 0 saturated heterocycles. The first-order valence-corrected chi connectivity index (χ1v) is 8.58. The lowest BCUT2D eigenvalue weighted by Gasteiger charge is -2.11. The van der Waals surface area contributed by atoms with Gasteiger partial charge in [-0.1, -0.05) is 42.5 Å². The molecule has 26 heavy (non-hydrogen) atoms. The van der Waals surface area contributed by atoms with Crippen LogP contribution >= 0.6 is 0 Å². The van der Waals surface area contributed by atoms with Crippen LogP contribution in [0.5, 0.6) is 0 Å². The number of aromatic nitrogens is 3. The third-order valence-electron chi connectivity index (χ3n) is 4.57. The molecule has 0 radical (unpaired) electrons. The Labute approximate surface area is 152 Å². The molecule has 0 fully saturated rings. The molecule has 0 spiro atoms. The summed E-state index contributed by atoms with van der Waals surface area (Å²) in [5.41, 5.74) is 6.02. The largest absolute Gasteiger partial charge is 0.279 e. The Balaban J connectivity index is 1.98. The summed E-state index contributed by atoms with van der Waals surface area (Å²) in [6.45, 7) is 5.83. The van der Waals surface area contributed by atoms with E-state index in [0.29, 0.717) is 5.56 Å². The van der Waals surface area contributed by atoms with Crippen molar-refractivity contribution in [3.8, 4) is 11.3 Å². The molecule has 4 aromatic rings. The highest BCUT2D eigenvalue weighted by molar-refractivity contribution is 6.08. The minimum Gasteiger partial charge on any atom is -0.267 e. The molecule has 4 heteroatoms. The van der Waals surface area contributed by atoms with Gasteiger partial charge >= 0.3 is 0 Å². The van der Waals surface area contributed by atoms with Crippen LogP contribution in [0.15, 0.2) is 60.7 Å². The van der Waals surface area contributed by atoms with Gasteiger partial charge in [-0.15, -0.1) is 0 Å². The molecule has 0 bridgehead atoms. The van der Waals surface area contributed by atoms with Gasteiger partial charge in [-0.3, -0.25) is 4.79 Å². The molecular weight excluding hydrogens is 322 g/mol. The number of rotatable bonds is 2. The minimum absolute atomic E-state index is 0.135. The van der Waals surface area contributed by atoms with Crippen molar-refractivity contribution >= 4 is 16.8 Å². The first kappa shape index (κ1) is 16.2. The van der Waals surface area contributed by atoms with Gasteiger partial charge in [0, 0.05) is 16.6 Å². The number of carbonyl (C=O) groups is 1. The van der Waals surface area contributed by atoms with E-state index in [2.05, 4.69) is 18.1 Å². The van der Waals surface area contributed by atoms with Crippen molar-refractivity contribution < 1.29 is 4.79 Å². The average Bonchev–Trinajstić information content (AvgIpc) is 2.99. The lowest BCUT2D eigenvalue weighted by Crippen LogP contribution is -2.16. The van der Waals surface area contributed by atoms with Crippen LogP contribution in [-0.2, 0) is 0 Å². The lowest BCUT2D eigenvalue weighted by molar-refractivity contribution is 0.0944. The fourth-order valence-electron chi connectivity index (χ4n) is 3.30. The van der Waals surface area contributed by atoms with Gasteiger partial charge < -0.3 is 0 Å². The number of carbonyl (C=O) groups excluding carboxylic acids is 1. The molecule has 2 aromatic heterocycles. The molecule has 2 aromatic carbocycles. The van der Waals surface area contributed by atoms with E-state index >= 15 is 0 Å². The summed E-state index contributed by atoms with van der Waals surface area (Å²) >= 11 is 0. The van der Waals surface area contributed by atoms with Gasteiger partial charge in [-0.05, 0) is 44.5 Å². The summed E-state index contributed by atoms with van der Waals surface area (Å²) in [5, 5.41) is 5.20. The zero-order valence-electron chi connectivity index (χ0n) is 15.0. The third kappa shape index (κ3) is 2.69. The molecule has 0 atom stereocenters. The molecule has 0 aliphatic rings. The molecule has 2 heterocycles. The van der Waals surface area contributed by atoms with Crippen molar-refractivity contribution in [2.45, 2.75) is 20.8 Å². The molecule has 0 unspecified atom stereocenters. The number of para-hydroxylation sites is 1. The van der Waals surface area contributed by atoms with Crippen molar-refractivity contribution in [2.75, 3.05) is 0 Å². The fraction of sp³-hybridized carbons (Fsp3) is 0.136. The molecule has 0 aliphatic carbocycles. The average molecular weight is 341 g/mol. The van der Waals surface area contributed by atoms with Crippen LogP contribution in [-0.4, -0.2) is 20.7 Å². The third-order valence-corrected chi connectivity index (χ3v) is 4.57. The SMILES string of the molecule is Cc1cc(C)n(C(=O)c2cc(-c3ccccc3C)nc3ccccc23)n1. The summed E-state index contributed by atoms with van der Waals surface area (Å²) in [5.74, 6) is -0.135. The lowest BCUT2D eigenvalue weighted by atomic mass is 10.0. The van der Waals surface area contributed by atoms with Crippen LogP contribution < -0.4 is 0 Å². The van der Waals surface area contributed by atoms with Crippen molar-refractivity contribution in [2.24, 2.45) is 0 Å². The Bertz CT molecular complexity index is 1140. The van der Waals surface area contributed by atoms with Crippen molar-refractivity contribution in [3.63, 3.8) is 0 Å². The van der Waals surface area contributed by atoms with Gasteiger partial charge in [0.2, 0.25) is 0 Å². The van der Waals surface area contributed by atoms with Crippen molar-refractivity contribution in [3.05, 3.63) is 83.2 Å². The molecule has 0 N–H and O–H groups in total. The Hall–Kier alpha value is -3.27. The maximum Gasteiger partial charge on any atom is 0.279 e. The van der Waals surface area contributed by atoms with E-state index < -0.39 is 0 Å². The summed E-state index contributed by atoms with van der Waals surface area (Å²) in [6.07, 6.45) is 0. The van der Waals surface area contributed by atoms with E-state index in [0.717, 1.165) is 39.1 Å². The van der Waals surface area contributed by atoms with Crippen LogP contribution in [0.3, 0.4) is 0 Å². The summed E-state index contributed by atoms with van der Waals surface area (Å²) in [4.78, 5) is 18.0. The summed E-state index contributed by atoms with van der Waals surface area (Å²) in [6, 6.07) is 19.6. The minimum atomic E-state index is -0.135. The Morgan fingerprint density at radius 1 is 0.923 bits per heavy atom. The number of aryl methyl sites for hydroxylation is 3. The van der Waals surface area contributed by atoms with Gasteiger partial charge in [-0.2, -0.15) is 5.10 Å². The maximum absolute atomic E-state index is 13.2. The first-order valence-electron chi connectivity index (χ1n) is 8.58. The number of benzene rings is 2. The van der Waals surface area contributed by atoms with Gasteiger partial charge in [-0.25, -0.2) is 9.67 Å². The van der Waals surface area contributed by atoms with Gasteiger partial charge in [0.05, 0.1) is 22.5 Å². The van der Waals surface area contributed by atoms with Gasteiger partial charge in [0.25, 0.3) is 5.91 Å². The molecule has 0 saturated carbocycles. The molecule has 0 aliphatic heterocycles. The molecular formula is C22H19N3O. The second kappa shape index (κ2) is 6.23. The Morgan fingerprint density at radius 2 is 1.65 bits per heavy atom. The van der Waals surface area contributed by atoms with Crippen LogP contribution in [0.4, 0.5) is 0 Å². The normalized spacial score (nSPS) is 11.0. The second-order valence-electron chi connectivity index (χ2n) is 6.53. The quantitative estimate of drug-likeness (QED) is 0.530. The van der Waals surface area contributed by atoms with Crippen molar-refractivity contribution in [1.82, 2.24) is 14.8 Å². The molecule has 0 amide bonds. The predicted molar refractivity (Wildman–Crippen MR) is 103 cm³/mol. The van der Waals surface area contributed by atoms with E-state index in [1.165, 1.54) is 4.68 Å². The standard InChI is InChI=1S/C22H19N3O/c1-14-8-4-5-9-17(14)21-13-19(18-10-6-7-11-20(18)23-21)22(26)25-16(3)12-15(2)24-25/h4-13H,1-3H3. The number of fused-ring (bicyclic) bond motifs is 1. The highest BCUT2D eigenvalue weighted by atomic mass is 16.2. The highest BCUT2D eigenvalue weighted by Gasteiger charge is 2.18. The van der Waals surface area contributed by atoms with Crippen LogP contribution in [0, 0.1) is 20.8 Å². The monoisotopic (exact) mass is 341 g/mol. The number of pyridine rings is 1. The van der Waals surface area contributed by atoms with E-state index in [-0.39, 0.29) is 5.91 Å². The predicted octanol–water partition coefficient (Wildman–Crippen LogP) is 4.71. The Morgan fingerprint density at radius 3 is 2.38 bits per heavy atom. The molecule has 128 valence electrons. The van der Waals surface area contributed by atoms with Gasteiger partial charge in [0.15, 0.2) is 0 Å². The zero-order chi connectivity index (χ0) is 18.3. The topological polar surface area (TPSA) is 47.8 Å². The molecule has 4 nitrogen and oxygen atoms in total. The molecule has 4 rings (SSSR count). The van der Waals surface area contributed by atoms with Crippen molar-refractivity contribution in [1.29, 1.82) is 0 Å². The number of hydrogen-bond donors (Lipinski definition) is 0. The number of hydrogen-bond acceptors (Lipinski definition) is 3. The zero-order valence-corrected chi connectivity index (χ0v) is 15.0. The second-order valence-corrected chi connectivity index (χ2v) is 6.53.